The van der Waals surface area contributed by atoms with Gasteiger partial charge in [0.1, 0.15) is 5.75 Å². The predicted molar refractivity (Wildman–Crippen MR) is 132 cm³/mol. The standard InChI is InChI=1S/C26H36N2O4S/c1-18(2)23-16-24(19(3)15-25(23)32-5)20(4)27-26(29)22-11-9-21(10-12-22)17-33(30,31)28-13-7-6-8-14-28/h9-12,15-16,18,20H,6-8,13-14,17H2,1-5H3,(H,27,29)/t20-/m1/s1. The Morgan fingerprint density at radius 3 is 2.24 bits per heavy atom. The number of carbonyl (C=O) groups is 1. The van der Waals surface area contributed by atoms with Crippen LogP contribution in [0.25, 0.3) is 0 Å². The summed E-state index contributed by atoms with van der Waals surface area (Å²) in [6.45, 7) is 9.42. The monoisotopic (exact) mass is 472 g/mol. The van der Waals surface area contributed by atoms with Gasteiger partial charge in [0.15, 0.2) is 0 Å². The molecule has 1 heterocycles. The fourth-order valence-corrected chi connectivity index (χ4v) is 5.98. The molecule has 1 fully saturated rings. The number of nitrogens with zero attached hydrogens (tertiary/aromatic N) is 1. The molecule has 180 valence electrons. The van der Waals surface area contributed by atoms with Gasteiger partial charge in [0.2, 0.25) is 10.0 Å². The number of amides is 1. The second-order valence-corrected chi connectivity index (χ2v) is 11.2. The lowest BCUT2D eigenvalue weighted by Crippen LogP contribution is -2.36. The third-order valence-electron chi connectivity index (χ3n) is 6.33. The second kappa shape index (κ2) is 10.7. The zero-order chi connectivity index (χ0) is 24.2. The van der Waals surface area contributed by atoms with Gasteiger partial charge in [0, 0.05) is 18.7 Å². The second-order valence-electron chi connectivity index (χ2n) is 9.21. The van der Waals surface area contributed by atoms with Gasteiger partial charge < -0.3 is 10.1 Å². The summed E-state index contributed by atoms with van der Waals surface area (Å²) >= 11 is 0. The molecule has 6 nitrogen and oxygen atoms in total. The number of sulfonamides is 1. The Morgan fingerprint density at radius 1 is 1.03 bits per heavy atom. The number of carbonyl (C=O) groups excluding carboxylic acids is 1. The minimum absolute atomic E-state index is 0.0334. The van der Waals surface area contributed by atoms with Gasteiger partial charge in [-0.1, -0.05) is 32.4 Å². The molecule has 1 atom stereocenters. The Labute approximate surface area is 198 Å². The third kappa shape index (κ3) is 6.15. The maximum atomic E-state index is 12.9. The zero-order valence-corrected chi connectivity index (χ0v) is 21.2. The summed E-state index contributed by atoms with van der Waals surface area (Å²) in [6.07, 6.45) is 2.93. The summed E-state index contributed by atoms with van der Waals surface area (Å²) < 4.78 is 32.4. The molecular formula is C26H36N2O4S. The zero-order valence-electron chi connectivity index (χ0n) is 20.3. The van der Waals surface area contributed by atoms with Gasteiger partial charge in [-0.25, -0.2) is 12.7 Å². The first-order valence-electron chi connectivity index (χ1n) is 11.7. The normalized spacial score (nSPS) is 15.9. The Balaban J connectivity index is 1.69. The van der Waals surface area contributed by atoms with Crippen LogP contribution in [0.5, 0.6) is 5.75 Å². The topological polar surface area (TPSA) is 75.7 Å². The highest BCUT2D eigenvalue weighted by atomic mass is 32.2. The van der Waals surface area contributed by atoms with E-state index in [9.17, 15) is 13.2 Å². The smallest absolute Gasteiger partial charge is 0.251 e. The average Bonchev–Trinajstić information content (AvgIpc) is 2.79. The molecule has 0 aromatic heterocycles. The SMILES string of the molecule is COc1cc(C)c([C@@H](C)NC(=O)c2ccc(CS(=O)(=O)N3CCCCC3)cc2)cc1C(C)C. The van der Waals surface area contributed by atoms with E-state index in [1.165, 1.54) is 0 Å². The van der Waals surface area contributed by atoms with Crippen LogP contribution in [0.4, 0.5) is 0 Å². The van der Waals surface area contributed by atoms with Gasteiger partial charge in [-0.2, -0.15) is 0 Å². The highest BCUT2D eigenvalue weighted by Gasteiger charge is 2.24. The largest absolute Gasteiger partial charge is 0.496 e. The van der Waals surface area contributed by atoms with Gasteiger partial charge in [-0.05, 0) is 79.1 Å². The number of ether oxygens (including phenoxy) is 1. The van der Waals surface area contributed by atoms with Crippen molar-refractivity contribution in [1.29, 1.82) is 0 Å². The van der Waals surface area contributed by atoms with Gasteiger partial charge in [-0.3, -0.25) is 4.79 Å². The van der Waals surface area contributed by atoms with Crippen molar-refractivity contribution < 1.29 is 17.9 Å². The summed E-state index contributed by atoms with van der Waals surface area (Å²) in [5.74, 6) is 0.944. The molecule has 0 radical (unpaired) electrons. The molecule has 1 aliphatic rings. The Morgan fingerprint density at radius 2 is 1.67 bits per heavy atom. The molecule has 7 heteroatoms. The van der Waals surface area contributed by atoms with E-state index in [0.717, 1.165) is 41.7 Å². The van der Waals surface area contributed by atoms with E-state index >= 15 is 0 Å². The average molecular weight is 473 g/mol. The number of aryl methyl sites for hydroxylation is 1. The Hall–Kier alpha value is -2.38. The van der Waals surface area contributed by atoms with Crippen molar-refractivity contribution in [2.45, 2.75) is 64.7 Å². The molecule has 1 saturated heterocycles. The van der Waals surface area contributed by atoms with Crippen LogP contribution in [0.3, 0.4) is 0 Å². The molecule has 2 aromatic rings. The van der Waals surface area contributed by atoms with Gasteiger partial charge >= 0.3 is 0 Å². The van der Waals surface area contributed by atoms with Crippen LogP contribution in [0, 0.1) is 6.92 Å². The first-order chi connectivity index (χ1) is 15.6. The van der Waals surface area contributed by atoms with E-state index in [0.29, 0.717) is 30.1 Å². The molecule has 0 saturated carbocycles. The summed E-state index contributed by atoms with van der Waals surface area (Å²) in [4.78, 5) is 12.9. The lowest BCUT2D eigenvalue weighted by molar-refractivity contribution is 0.0940. The Kier molecular flexibility index (Phi) is 8.19. The number of rotatable bonds is 8. The molecule has 0 bridgehead atoms. The van der Waals surface area contributed by atoms with Gasteiger partial charge in [0.25, 0.3) is 5.91 Å². The van der Waals surface area contributed by atoms with Crippen molar-refractivity contribution >= 4 is 15.9 Å². The van der Waals surface area contributed by atoms with E-state index < -0.39 is 10.0 Å². The highest BCUT2D eigenvalue weighted by molar-refractivity contribution is 7.88. The summed E-state index contributed by atoms with van der Waals surface area (Å²) in [5, 5.41) is 3.07. The van der Waals surface area contributed by atoms with Crippen LogP contribution in [-0.4, -0.2) is 38.8 Å². The first-order valence-corrected chi connectivity index (χ1v) is 13.3. The van der Waals surface area contributed by atoms with Crippen molar-refractivity contribution in [2.75, 3.05) is 20.2 Å². The predicted octanol–water partition coefficient (Wildman–Crippen LogP) is 4.93. The van der Waals surface area contributed by atoms with Crippen LogP contribution >= 0.6 is 0 Å². The number of hydrogen-bond donors (Lipinski definition) is 1. The van der Waals surface area contributed by atoms with Crippen LogP contribution in [0.1, 0.15) is 84.6 Å². The van der Waals surface area contributed by atoms with E-state index in [2.05, 4.69) is 25.2 Å². The number of methoxy groups -OCH3 is 1. The van der Waals surface area contributed by atoms with E-state index in [-0.39, 0.29) is 17.7 Å². The van der Waals surface area contributed by atoms with E-state index in [1.807, 2.05) is 19.9 Å². The van der Waals surface area contributed by atoms with Crippen molar-refractivity contribution in [2.24, 2.45) is 0 Å². The Bertz CT molecular complexity index is 1070. The van der Waals surface area contributed by atoms with Crippen LogP contribution < -0.4 is 10.1 Å². The molecule has 1 aliphatic heterocycles. The lowest BCUT2D eigenvalue weighted by atomic mass is 9.93. The molecule has 0 spiro atoms. The summed E-state index contributed by atoms with van der Waals surface area (Å²) in [7, 11) is -1.65. The molecule has 3 rings (SSSR count). The van der Waals surface area contributed by atoms with Crippen LogP contribution in [0.2, 0.25) is 0 Å². The minimum atomic E-state index is -3.32. The molecule has 0 unspecified atom stereocenters. The molecule has 33 heavy (non-hydrogen) atoms. The number of hydrogen-bond acceptors (Lipinski definition) is 4. The van der Waals surface area contributed by atoms with Gasteiger partial charge in [-0.15, -0.1) is 0 Å². The van der Waals surface area contributed by atoms with Crippen LogP contribution in [-0.2, 0) is 15.8 Å². The molecule has 2 aromatic carbocycles. The maximum Gasteiger partial charge on any atom is 0.251 e. The van der Waals surface area contributed by atoms with Crippen molar-refractivity contribution in [3.05, 3.63) is 64.2 Å². The van der Waals surface area contributed by atoms with Crippen LogP contribution in [0.15, 0.2) is 36.4 Å². The lowest BCUT2D eigenvalue weighted by Gasteiger charge is -2.25. The number of benzene rings is 2. The fraction of sp³-hybridized carbons (Fsp3) is 0.500. The minimum Gasteiger partial charge on any atom is -0.496 e. The number of piperidine rings is 1. The molecule has 1 N–H and O–H groups in total. The summed E-state index contributed by atoms with van der Waals surface area (Å²) in [6, 6.07) is 10.8. The van der Waals surface area contributed by atoms with Crippen molar-refractivity contribution in [1.82, 2.24) is 9.62 Å². The first kappa shape index (κ1) is 25.2. The third-order valence-corrected chi connectivity index (χ3v) is 8.18. The maximum absolute atomic E-state index is 12.9. The molecular weight excluding hydrogens is 436 g/mol. The fourth-order valence-electron chi connectivity index (χ4n) is 4.37. The molecule has 0 aliphatic carbocycles. The van der Waals surface area contributed by atoms with Crippen molar-refractivity contribution in [3.63, 3.8) is 0 Å². The highest BCUT2D eigenvalue weighted by Crippen LogP contribution is 2.32. The van der Waals surface area contributed by atoms with E-state index in [1.54, 1.807) is 35.7 Å². The van der Waals surface area contributed by atoms with Crippen molar-refractivity contribution in [3.8, 4) is 5.75 Å². The number of nitrogens with one attached hydrogen (secondary N) is 1. The summed E-state index contributed by atoms with van der Waals surface area (Å²) in [5.41, 5.74) is 4.42. The molecule has 1 amide bonds. The van der Waals surface area contributed by atoms with E-state index in [4.69, 9.17) is 4.74 Å². The van der Waals surface area contributed by atoms with Gasteiger partial charge in [0.05, 0.1) is 18.9 Å². The quantitative estimate of drug-likeness (QED) is 0.591.